The standard InChI is InChI=1S/C19H17ClFN3O5S.C16H19N3O4S/c1-7-10(12(23-29-7)11-8(20)5-4-6-9(11)21)15(25)22-13-16(26)24-14(18(27)28)19(2,3)30-17(13)24;1-16(2)11(15(22)23)19-13(21)10(14(19)24-16)18-12(20)9(17)8-6-4-3-5-7-8/h4-6,13-14,17H,1-3H3,(H,22,25)(H,27,28);3-7,9-11,14H,17H2,1-2H3,(H,18,20)(H,22,23)/t13-,14+,17-;9-,10-,11+,14-/m11/s1. The number of hydrogen-bond acceptors (Lipinski definition) is 11. The van der Waals surface area contributed by atoms with Crippen LogP contribution in [0.2, 0.25) is 5.02 Å². The second-order valence-corrected chi connectivity index (χ2v) is 18.0. The van der Waals surface area contributed by atoms with E-state index in [1.165, 1.54) is 58.4 Å². The summed E-state index contributed by atoms with van der Waals surface area (Å²) in [5.74, 6) is -4.66. The Morgan fingerprint density at radius 2 is 1.41 bits per heavy atom. The van der Waals surface area contributed by atoms with Gasteiger partial charge in [0.05, 0.1) is 10.6 Å². The lowest BCUT2D eigenvalue weighted by atomic mass is 9.95. The minimum Gasteiger partial charge on any atom is -0.480 e. The normalized spacial score (nSPS) is 26.3. The second-order valence-electron chi connectivity index (χ2n) is 14.1. The lowest BCUT2D eigenvalue weighted by molar-refractivity contribution is -0.161. The van der Waals surface area contributed by atoms with E-state index in [0.717, 1.165) is 0 Å². The fraction of sp³-hybridized carbons (Fsp3) is 0.400. The summed E-state index contributed by atoms with van der Waals surface area (Å²) in [7, 11) is 0. The van der Waals surface area contributed by atoms with Gasteiger partial charge < -0.3 is 40.9 Å². The van der Waals surface area contributed by atoms with Crippen molar-refractivity contribution >= 4 is 70.7 Å². The van der Waals surface area contributed by atoms with Crippen LogP contribution >= 0.6 is 35.1 Å². The third-order valence-electron chi connectivity index (χ3n) is 9.66. The van der Waals surface area contributed by atoms with Gasteiger partial charge >= 0.3 is 11.9 Å². The highest BCUT2D eigenvalue weighted by Gasteiger charge is 2.65. The maximum absolute atomic E-state index is 14.4. The number of aromatic nitrogens is 1. The molecule has 0 bridgehead atoms. The number of aliphatic carboxylic acids is 2. The van der Waals surface area contributed by atoms with Crippen molar-refractivity contribution in [1.29, 1.82) is 0 Å². The molecule has 0 aliphatic carbocycles. The zero-order chi connectivity index (χ0) is 39.6. The smallest absolute Gasteiger partial charge is 0.327 e. The molecule has 5 heterocycles. The van der Waals surface area contributed by atoms with Crippen molar-refractivity contribution in [3.8, 4) is 11.3 Å². The molecule has 4 aliphatic heterocycles. The van der Waals surface area contributed by atoms with Gasteiger partial charge in [-0.2, -0.15) is 0 Å². The summed E-state index contributed by atoms with van der Waals surface area (Å²) in [6.45, 7) is 8.54. The number of β-lactam (4-membered cyclic amide) rings is 2. The summed E-state index contributed by atoms with van der Waals surface area (Å²) in [6, 6.07) is 8.54. The number of carbonyl (C=O) groups excluding carboxylic acids is 4. The number of benzene rings is 2. The van der Waals surface area contributed by atoms with Crippen LogP contribution in [0.1, 0.15) is 55.4 Å². The maximum atomic E-state index is 14.4. The van der Waals surface area contributed by atoms with Crippen LogP contribution in [0.3, 0.4) is 0 Å². The Labute approximate surface area is 321 Å². The van der Waals surface area contributed by atoms with Crippen molar-refractivity contribution in [1.82, 2.24) is 25.6 Å². The number of nitrogens with two attached hydrogens (primary N) is 1. The third-order valence-corrected chi connectivity index (χ3v) is 13.1. The third kappa shape index (κ3) is 6.58. The molecule has 4 amide bonds. The van der Waals surface area contributed by atoms with Crippen molar-refractivity contribution in [2.75, 3.05) is 0 Å². The molecule has 0 spiro atoms. The maximum Gasteiger partial charge on any atom is 0.327 e. The Balaban J connectivity index is 0.000000189. The summed E-state index contributed by atoms with van der Waals surface area (Å²) in [5.41, 5.74) is 6.41. The molecule has 54 heavy (non-hydrogen) atoms. The van der Waals surface area contributed by atoms with Gasteiger partial charge in [-0.1, -0.05) is 53.2 Å². The van der Waals surface area contributed by atoms with E-state index in [1.54, 1.807) is 52.0 Å². The van der Waals surface area contributed by atoms with E-state index >= 15 is 0 Å². The lowest BCUT2D eigenvalue weighted by Crippen LogP contribution is -2.71. The number of rotatable bonds is 8. The average Bonchev–Trinajstić information content (AvgIpc) is 3.70. The second kappa shape index (κ2) is 14.2. The van der Waals surface area contributed by atoms with Gasteiger partial charge in [0.15, 0.2) is 0 Å². The van der Waals surface area contributed by atoms with Crippen LogP contribution in [0.25, 0.3) is 11.3 Å². The van der Waals surface area contributed by atoms with E-state index in [4.69, 9.17) is 21.9 Å². The lowest BCUT2D eigenvalue weighted by Gasteiger charge is -2.43. The van der Waals surface area contributed by atoms with Gasteiger partial charge in [-0.15, -0.1) is 23.5 Å². The quantitative estimate of drug-likeness (QED) is 0.207. The van der Waals surface area contributed by atoms with Crippen LogP contribution in [0.5, 0.6) is 0 Å². The molecule has 2 aromatic carbocycles. The number of carboxylic acids is 2. The van der Waals surface area contributed by atoms with E-state index in [0.29, 0.717) is 5.56 Å². The van der Waals surface area contributed by atoms with Crippen LogP contribution < -0.4 is 16.4 Å². The highest BCUT2D eigenvalue weighted by Crippen LogP contribution is 2.52. The number of aryl methyl sites for hydroxylation is 1. The van der Waals surface area contributed by atoms with Crippen LogP contribution in [-0.2, 0) is 24.0 Å². The first-order valence-corrected chi connectivity index (χ1v) is 18.7. The number of fused-ring (bicyclic) bond motifs is 2. The highest BCUT2D eigenvalue weighted by atomic mass is 35.5. The van der Waals surface area contributed by atoms with Gasteiger partial charge in [0, 0.05) is 9.49 Å². The van der Waals surface area contributed by atoms with Crippen LogP contribution in [0.4, 0.5) is 4.39 Å². The first-order valence-electron chi connectivity index (χ1n) is 16.6. The number of carboxylic acid groups (broad SMARTS) is 2. The van der Waals surface area contributed by atoms with E-state index in [9.17, 15) is 43.4 Å². The number of thioether (sulfide) groups is 2. The fourth-order valence-electron chi connectivity index (χ4n) is 7.09. The molecule has 3 aromatic rings. The monoisotopic (exact) mass is 802 g/mol. The van der Waals surface area contributed by atoms with Gasteiger partial charge in [-0.05, 0) is 52.3 Å². The van der Waals surface area contributed by atoms with Crippen molar-refractivity contribution in [3.05, 3.63) is 76.3 Å². The highest BCUT2D eigenvalue weighted by molar-refractivity contribution is 8.02. The summed E-state index contributed by atoms with van der Waals surface area (Å²) >= 11 is 8.78. The van der Waals surface area contributed by atoms with Crippen LogP contribution in [-0.4, -0.2) is 105 Å². The van der Waals surface area contributed by atoms with Gasteiger partial charge in [0.1, 0.15) is 63.8 Å². The molecular weight excluding hydrogens is 767 g/mol. The van der Waals surface area contributed by atoms with E-state index in [2.05, 4.69) is 15.8 Å². The summed E-state index contributed by atoms with van der Waals surface area (Å²) in [6.07, 6.45) is 0. The molecule has 4 saturated heterocycles. The Morgan fingerprint density at radius 1 is 0.889 bits per heavy atom. The summed E-state index contributed by atoms with van der Waals surface area (Å²) < 4.78 is 18.1. The Hall–Kier alpha value is -4.65. The molecule has 0 radical (unpaired) electrons. The topological polar surface area (TPSA) is 225 Å². The van der Waals surface area contributed by atoms with Crippen molar-refractivity contribution in [2.24, 2.45) is 5.73 Å². The molecule has 7 atom stereocenters. The molecule has 19 heteroatoms. The molecule has 0 saturated carbocycles. The number of hydrogen-bond donors (Lipinski definition) is 5. The van der Waals surface area contributed by atoms with Gasteiger partial charge in [0.2, 0.25) is 17.7 Å². The SMILES string of the molecule is CC1(C)S[C@@H]2[C@H](NC(=O)[C@H](N)c3ccccc3)C(=O)N2[C@H]1C(=O)O.Cc1onc(-c2c(F)cccc2Cl)c1C(=O)N[C@@H]1C(=O)N2[C@@H]1SC(C)(C)[C@@H]2C(=O)O. The summed E-state index contributed by atoms with van der Waals surface area (Å²) in [4.78, 5) is 75.9. The molecule has 4 fully saturated rings. The first kappa shape index (κ1) is 39.1. The largest absolute Gasteiger partial charge is 0.480 e. The van der Waals surface area contributed by atoms with Gasteiger partial charge in [0.25, 0.3) is 5.91 Å². The molecule has 286 valence electrons. The van der Waals surface area contributed by atoms with E-state index < -0.39 is 80.6 Å². The number of carbonyl (C=O) groups is 6. The number of nitrogens with zero attached hydrogens (tertiary/aromatic N) is 3. The zero-order valence-electron chi connectivity index (χ0n) is 29.4. The Bertz CT molecular complexity index is 2050. The first-order chi connectivity index (χ1) is 25.3. The minimum absolute atomic E-state index is 0.0368. The van der Waals surface area contributed by atoms with Gasteiger partial charge in [-0.3, -0.25) is 19.2 Å². The average molecular weight is 803 g/mol. The molecule has 15 nitrogen and oxygen atoms in total. The van der Waals surface area contributed by atoms with Gasteiger partial charge in [-0.25, -0.2) is 14.0 Å². The van der Waals surface area contributed by atoms with E-state index in [1.807, 2.05) is 6.07 Å². The van der Waals surface area contributed by atoms with Crippen LogP contribution in [0, 0.1) is 12.7 Å². The molecule has 7 rings (SSSR count). The van der Waals surface area contributed by atoms with Crippen molar-refractivity contribution in [2.45, 2.75) is 85.1 Å². The molecule has 0 unspecified atom stereocenters. The molecular formula is C35H36ClFN6O9S2. The fourth-order valence-corrected chi connectivity index (χ4v) is 10.6. The Morgan fingerprint density at radius 3 is 1.91 bits per heavy atom. The number of nitrogens with one attached hydrogen (secondary N) is 2. The zero-order valence-corrected chi connectivity index (χ0v) is 31.8. The molecule has 4 aliphatic rings. The van der Waals surface area contributed by atoms with Crippen molar-refractivity contribution < 1.29 is 47.9 Å². The number of halogens is 2. The Kier molecular flexibility index (Phi) is 10.3. The minimum atomic E-state index is -1.10. The molecule has 6 N–H and O–H groups in total. The van der Waals surface area contributed by atoms with Crippen LogP contribution in [0.15, 0.2) is 53.1 Å². The molecule has 1 aromatic heterocycles. The predicted molar refractivity (Wildman–Crippen MR) is 196 cm³/mol. The number of amides is 4. The predicted octanol–water partition coefficient (Wildman–Crippen LogP) is 3.01. The summed E-state index contributed by atoms with van der Waals surface area (Å²) in [5, 5.41) is 27.1. The van der Waals surface area contributed by atoms with Crippen molar-refractivity contribution in [3.63, 3.8) is 0 Å². The van der Waals surface area contributed by atoms with E-state index in [-0.39, 0.29) is 38.9 Å².